The Balaban J connectivity index is 1.37. The molecule has 8 aromatic rings. The molecule has 0 aliphatic heterocycles. The third-order valence-corrected chi connectivity index (χ3v) is 9.38. The number of rotatable bonds is 9. The molecule has 0 saturated carbocycles. The molecule has 8 rings (SSSR count). The fourth-order valence-electron chi connectivity index (χ4n) is 6.85. The second kappa shape index (κ2) is 13.5. The van der Waals surface area contributed by atoms with E-state index in [1.165, 1.54) is 43.8 Å². The van der Waals surface area contributed by atoms with Crippen molar-refractivity contribution in [2.75, 3.05) is 10.6 Å². The van der Waals surface area contributed by atoms with E-state index in [0.717, 1.165) is 45.0 Å². The number of hydrogen-bond donors (Lipinski definition) is 2. The van der Waals surface area contributed by atoms with E-state index in [1.54, 1.807) is 0 Å². The SMILES string of the molecule is C=Cc1ccc(Nc2ccc(-c3ccc(Nc4ccc(C=C)cc4)c(-c4cccc5ccccc45)c3-c3cccc4ccccc34)cc2)cc1. The number of anilines is 4. The lowest BCUT2D eigenvalue weighted by Crippen LogP contribution is -1.99. The van der Waals surface area contributed by atoms with Crippen molar-refractivity contribution in [3.05, 3.63) is 194 Å². The smallest absolute Gasteiger partial charge is 0.0470 e. The van der Waals surface area contributed by atoms with Crippen LogP contribution in [0.1, 0.15) is 11.1 Å². The van der Waals surface area contributed by atoms with Gasteiger partial charge in [-0.25, -0.2) is 0 Å². The maximum absolute atomic E-state index is 3.94. The number of fused-ring (bicyclic) bond motifs is 2. The molecule has 0 aliphatic carbocycles. The fraction of sp³-hybridized carbons (Fsp3) is 0. The van der Waals surface area contributed by atoms with Gasteiger partial charge in [-0.15, -0.1) is 0 Å². The first kappa shape index (κ1) is 30.7. The standard InChI is InChI=1S/C48H36N2/c1-3-33-19-25-38(26-20-33)49-39-29-23-37(24-30-39)43-31-32-46(50-40-27-21-34(4-2)22-28-40)48(45-18-10-14-36-12-6-8-16-42(36)45)47(43)44-17-9-13-35-11-5-7-15-41(35)44/h3-32,49-50H,1-2H2. The Kier molecular flexibility index (Phi) is 8.26. The van der Waals surface area contributed by atoms with Gasteiger partial charge in [0.2, 0.25) is 0 Å². The van der Waals surface area contributed by atoms with Gasteiger partial charge in [-0.05, 0) is 97.4 Å². The molecule has 0 bridgehead atoms. The highest BCUT2D eigenvalue weighted by molar-refractivity contribution is 6.12. The van der Waals surface area contributed by atoms with Crippen molar-refractivity contribution in [1.29, 1.82) is 0 Å². The van der Waals surface area contributed by atoms with Gasteiger partial charge in [0.1, 0.15) is 0 Å². The van der Waals surface area contributed by atoms with Crippen molar-refractivity contribution in [3.8, 4) is 33.4 Å². The molecule has 2 nitrogen and oxygen atoms in total. The topological polar surface area (TPSA) is 24.1 Å². The Morgan fingerprint density at radius 1 is 0.360 bits per heavy atom. The van der Waals surface area contributed by atoms with E-state index >= 15 is 0 Å². The number of nitrogens with one attached hydrogen (secondary N) is 2. The summed E-state index contributed by atoms with van der Waals surface area (Å²) >= 11 is 0. The molecule has 0 radical (unpaired) electrons. The van der Waals surface area contributed by atoms with Crippen molar-refractivity contribution in [2.24, 2.45) is 0 Å². The molecule has 0 amide bonds. The van der Waals surface area contributed by atoms with Gasteiger partial charge in [0.25, 0.3) is 0 Å². The van der Waals surface area contributed by atoms with Crippen molar-refractivity contribution in [1.82, 2.24) is 0 Å². The molecule has 0 heterocycles. The van der Waals surface area contributed by atoms with Gasteiger partial charge in [0.15, 0.2) is 0 Å². The minimum atomic E-state index is 1.02. The van der Waals surface area contributed by atoms with Gasteiger partial charge in [0, 0.05) is 33.9 Å². The van der Waals surface area contributed by atoms with Crippen LogP contribution in [0.2, 0.25) is 0 Å². The average Bonchev–Trinajstić information content (AvgIpc) is 3.18. The van der Waals surface area contributed by atoms with Gasteiger partial charge < -0.3 is 10.6 Å². The van der Waals surface area contributed by atoms with Crippen molar-refractivity contribution < 1.29 is 0 Å². The highest BCUT2D eigenvalue weighted by Crippen LogP contribution is 2.48. The van der Waals surface area contributed by atoms with Gasteiger partial charge in [-0.2, -0.15) is 0 Å². The minimum absolute atomic E-state index is 1.02. The molecule has 0 aromatic heterocycles. The molecule has 0 saturated heterocycles. The summed E-state index contributed by atoms with van der Waals surface area (Å²) in [6.07, 6.45) is 3.73. The molecule has 8 aromatic carbocycles. The molecule has 238 valence electrons. The zero-order valence-electron chi connectivity index (χ0n) is 27.7. The molecular weight excluding hydrogens is 605 g/mol. The van der Waals surface area contributed by atoms with Crippen molar-refractivity contribution >= 4 is 56.4 Å². The normalized spacial score (nSPS) is 11.0. The van der Waals surface area contributed by atoms with E-state index < -0.39 is 0 Å². The first-order valence-electron chi connectivity index (χ1n) is 16.9. The summed E-state index contributed by atoms with van der Waals surface area (Å²) < 4.78 is 0. The van der Waals surface area contributed by atoms with Crippen LogP contribution in [0.4, 0.5) is 22.7 Å². The molecule has 0 spiro atoms. The van der Waals surface area contributed by atoms with E-state index in [-0.39, 0.29) is 0 Å². The molecule has 2 heteroatoms. The molecular formula is C48H36N2. The first-order chi connectivity index (χ1) is 24.7. The predicted octanol–water partition coefficient (Wildman–Crippen LogP) is 13.8. The summed E-state index contributed by atoms with van der Waals surface area (Å²) in [5.41, 5.74) is 13.3. The fourth-order valence-corrected chi connectivity index (χ4v) is 6.85. The Bertz CT molecular complexity index is 2480. The average molecular weight is 641 g/mol. The largest absolute Gasteiger partial charge is 0.356 e. The second-order valence-corrected chi connectivity index (χ2v) is 12.4. The van der Waals surface area contributed by atoms with Gasteiger partial charge >= 0.3 is 0 Å². The molecule has 0 unspecified atom stereocenters. The quantitative estimate of drug-likeness (QED) is 0.164. The zero-order chi connectivity index (χ0) is 33.9. The lowest BCUT2D eigenvalue weighted by molar-refractivity contribution is 1.51. The van der Waals surface area contributed by atoms with Crippen molar-refractivity contribution in [3.63, 3.8) is 0 Å². The molecule has 2 N–H and O–H groups in total. The van der Waals surface area contributed by atoms with Crippen LogP contribution in [0.5, 0.6) is 0 Å². The zero-order valence-corrected chi connectivity index (χ0v) is 27.7. The molecule has 0 aliphatic rings. The molecule has 0 atom stereocenters. The number of hydrogen-bond acceptors (Lipinski definition) is 2. The van der Waals surface area contributed by atoms with Gasteiger partial charge in [0.05, 0.1) is 0 Å². The Morgan fingerprint density at radius 3 is 1.36 bits per heavy atom. The number of benzene rings is 8. The van der Waals surface area contributed by atoms with Crippen LogP contribution in [0.25, 0.3) is 67.1 Å². The summed E-state index contributed by atoms with van der Waals surface area (Å²) in [7, 11) is 0. The molecule has 0 fully saturated rings. The van der Waals surface area contributed by atoms with E-state index in [0.29, 0.717) is 0 Å². The van der Waals surface area contributed by atoms with Crippen LogP contribution in [0, 0.1) is 0 Å². The molecule has 50 heavy (non-hydrogen) atoms. The summed E-state index contributed by atoms with van der Waals surface area (Å²) in [5.74, 6) is 0. The van der Waals surface area contributed by atoms with Gasteiger partial charge in [-0.3, -0.25) is 0 Å². The lowest BCUT2D eigenvalue weighted by Gasteiger charge is -2.23. The van der Waals surface area contributed by atoms with Gasteiger partial charge in [-0.1, -0.05) is 153 Å². The third kappa shape index (κ3) is 5.96. The summed E-state index contributed by atoms with van der Waals surface area (Å²) in [6, 6.07) is 60.6. The summed E-state index contributed by atoms with van der Waals surface area (Å²) in [6.45, 7) is 7.81. The van der Waals surface area contributed by atoms with E-state index in [4.69, 9.17) is 0 Å². The summed E-state index contributed by atoms with van der Waals surface area (Å²) in [4.78, 5) is 0. The second-order valence-electron chi connectivity index (χ2n) is 12.4. The van der Waals surface area contributed by atoms with Crippen LogP contribution in [-0.2, 0) is 0 Å². The summed E-state index contributed by atoms with van der Waals surface area (Å²) in [5, 5.41) is 12.2. The van der Waals surface area contributed by atoms with E-state index in [2.05, 4.69) is 194 Å². The Hall–Kier alpha value is -6.64. The maximum Gasteiger partial charge on any atom is 0.0470 e. The third-order valence-electron chi connectivity index (χ3n) is 9.38. The van der Waals surface area contributed by atoms with Crippen LogP contribution in [0.15, 0.2) is 183 Å². The lowest BCUT2D eigenvalue weighted by atomic mass is 9.83. The highest BCUT2D eigenvalue weighted by atomic mass is 14.9. The van der Waals surface area contributed by atoms with Crippen LogP contribution in [-0.4, -0.2) is 0 Å². The van der Waals surface area contributed by atoms with E-state index in [1.807, 2.05) is 12.2 Å². The minimum Gasteiger partial charge on any atom is -0.356 e. The van der Waals surface area contributed by atoms with Crippen molar-refractivity contribution in [2.45, 2.75) is 0 Å². The Morgan fingerprint density at radius 2 is 0.820 bits per heavy atom. The predicted molar refractivity (Wildman–Crippen MR) is 217 cm³/mol. The Labute approximate surface area is 293 Å². The monoisotopic (exact) mass is 640 g/mol. The van der Waals surface area contributed by atoms with Crippen LogP contribution >= 0.6 is 0 Å². The first-order valence-corrected chi connectivity index (χ1v) is 16.9. The van der Waals surface area contributed by atoms with E-state index in [9.17, 15) is 0 Å². The highest BCUT2D eigenvalue weighted by Gasteiger charge is 2.21. The van der Waals surface area contributed by atoms with Crippen LogP contribution < -0.4 is 10.6 Å². The van der Waals surface area contributed by atoms with Crippen LogP contribution in [0.3, 0.4) is 0 Å². The maximum atomic E-state index is 3.94.